The Morgan fingerprint density at radius 3 is 2.24 bits per heavy atom. The fourth-order valence-electron chi connectivity index (χ4n) is 1.60. The smallest absolute Gasteiger partial charge is 0.426 e. The number of ether oxygens (including phenoxy) is 1. The lowest BCUT2D eigenvalue weighted by Gasteiger charge is -2.29. The van der Waals surface area contributed by atoms with Crippen LogP contribution in [0.4, 0.5) is 17.6 Å². The minimum atomic E-state index is -5.03. The predicted octanol–water partition coefficient (Wildman–Crippen LogP) is 2.77. The van der Waals surface area contributed by atoms with Gasteiger partial charge in [0.05, 0.1) is 7.11 Å². The third kappa shape index (κ3) is 2.52. The van der Waals surface area contributed by atoms with Crippen LogP contribution in [0.5, 0.6) is 5.75 Å². The molecule has 1 unspecified atom stereocenters. The van der Waals surface area contributed by atoms with Crippen LogP contribution >= 0.6 is 0 Å². The Balaban J connectivity index is 3.32. The summed E-state index contributed by atoms with van der Waals surface area (Å²) in [7, 11) is 1.19. The van der Waals surface area contributed by atoms with Crippen molar-refractivity contribution in [3.05, 3.63) is 29.8 Å². The van der Waals surface area contributed by atoms with E-state index >= 15 is 0 Å². The Morgan fingerprint density at radius 1 is 1.18 bits per heavy atom. The van der Waals surface area contributed by atoms with Gasteiger partial charge in [-0.05, 0) is 12.6 Å². The molecule has 1 aromatic rings. The van der Waals surface area contributed by atoms with Crippen molar-refractivity contribution in [2.45, 2.75) is 18.3 Å². The van der Waals surface area contributed by atoms with E-state index in [1.54, 1.807) is 0 Å². The van der Waals surface area contributed by atoms with Crippen LogP contribution in [0.25, 0.3) is 0 Å². The van der Waals surface area contributed by atoms with Gasteiger partial charge in [-0.3, -0.25) is 0 Å². The van der Waals surface area contributed by atoms with Gasteiger partial charge in [-0.25, -0.2) is 4.39 Å². The van der Waals surface area contributed by atoms with Crippen molar-refractivity contribution < 1.29 is 22.3 Å². The molecule has 96 valence electrons. The number of nitrogens with two attached hydrogens (primary N) is 1. The van der Waals surface area contributed by atoms with Crippen LogP contribution in [-0.4, -0.2) is 19.8 Å². The number of methoxy groups -OCH3 is 1. The topological polar surface area (TPSA) is 35.2 Å². The third-order valence-electron chi connectivity index (χ3n) is 2.47. The van der Waals surface area contributed by atoms with Gasteiger partial charge in [0.25, 0.3) is 0 Å². The fourth-order valence-corrected chi connectivity index (χ4v) is 1.60. The van der Waals surface area contributed by atoms with Crippen LogP contribution in [0.1, 0.15) is 12.0 Å². The Hall–Kier alpha value is -1.30. The zero-order chi connectivity index (χ0) is 13.1. The molecule has 0 spiro atoms. The molecule has 1 aromatic carbocycles. The van der Waals surface area contributed by atoms with E-state index in [-0.39, 0.29) is 5.75 Å². The normalized spacial score (nSPS) is 15.4. The van der Waals surface area contributed by atoms with Gasteiger partial charge in [0, 0.05) is 12.0 Å². The standard InChI is InChI=1S/C11H13F4NO/c1-17-9-5-3-2-4-8(9)10(12,6-7-16)11(13,14)15/h2-5H,6-7,16H2,1H3. The van der Waals surface area contributed by atoms with Crippen molar-refractivity contribution in [3.8, 4) is 5.75 Å². The number of halogens is 4. The summed E-state index contributed by atoms with van der Waals surface area (Å²) in [5, 5.41) is 0. The summed E-state index contributed by atoms with van der Waals surface area (Å²) in [5.74, 6) is -0.138. The molecule has 0 radical (unpaired) electrons. The van der Waals surface area contributed by atoms with Gasteiger partial charge in [0.1, 0.15) is 5.75 Å². The summed E-state index contributed by atoms with van der Waals surface area (Å²) < 4.78 is 57.4. The zero-order valence-corrected chi connectivity index (χ0v) is 9.22. The second-order valence-electron chi connectivity index (χ2n) is 3.54. The van der Waals surface area contributed by atoms with Crippen molar-refractivity contribution >= 4 is 0 Å². The van der Waals surface area contributed by atoms with E-state index in [9.17, 15) is 17.6 Å². The number of hydrogen-bond acceptors (Lipinski definition) is 2. The van der Waals surface area contributed by atoms with Crippen LogP contribution in [0, 0.1) is 0 Å². The molecule has 0 saturated heterocycles. The first kappa shape index (κ1) is 13.8. The molecule has 0 saturated carbocycles. The maximum Gasteiger partial charge on any atom is 0.426 e. The van der Waals surface area contributed by atoms with Gasteiger partial charge in [-0.1, -0.05) is 18.2 Å². The Morgan fingerprint density at radius 2 is 1.76 bits per heavy atom. The summed E-state index contributed by atoms with van der Waals surface area (Å²) in [6.07, 6.45) is -5.86. The Labute approximate surface area is 96.4 Å². The minimum absolute atomic E-state index is 0.138. The van der Waals surface area contributed by atoms with E-state index in [0.29, 0.717) is 0 Å². The van der Waals surface area contributed by atoms with E-state index in [4.69, 9.17) is 10.5 Å². The molecule has 2 N–H and O–H groups in total. The molecule has 0 aliphatic rings. The second kappa shape index (κ2) is 4.91. The molecule has 0 fully saturated rings. The molecule has 2 nitrogen and oxygen atoms in total. The van der Waals surface area contributed by atoms with Gasteiger partial charge < -0.3 is 10.5 Å². The first-order valence-corrected chi connectivity index (χ1v) is 4.96. The molecule has 17 heavy (non-hydrogen) atoms. The summed E-state index contributed by atoms with van der Waals surface area (Å²) in [4.78, 5) is 0. The first-order valence-electron chi connectivity index (χ1n) is 4.96. The summed E-state index contributed by atoms with van der Waals surface area (Å²) >= 11 is 0. The quantitative estimate of drug-likeness (QED) is 0.835. The zero-order valence-electron chi connectivity index (χ0n) is 9.22. The highest BCUT2D eigenvalue weighted by atomic mass is 19.4. The van der Waals surface area contributed by atoms with E-state index in [2.05, 4.69) is 0 Å². The highest BCUT2D eigenvalue weighted by Crippen LogP contribution is 2.47. The van der Waals surface area contributed by atoms with Crippen LogP contribution < -0.4 is 10.5 Å². The molecule has 0 amide bonds. The second-order valence-corrected chi connectivity index (χ2v) is 3.54. The average molecular weight is 251 g/mol. The maximum absolute atomic E-state index is 14.2. The average Bonchev–Trinajstić information content (AvgIpc) is 2.27. The van der Waals surface area contributed by atoms with Gasteiger partial charge in [-0.15, -0.1) is 0 Å². The lowest BCUT2D eigenvalue weighted by atomic mass is 9.91. The lowest BCUT2D eigenvalue weighted by molar-refractivity contribution is -0.237. The van der Waals surface area contributed by atoms with Gasteiger partial charge in [0.15, 0.2) is 0 Å². The number of para-hydroxylation sites is 1. The van der Waals surface area contributed by atoms with Crippen molar-refractivity contribution in [3.63, 3.8) is 0 Å². The molecule has 1 atom stereocenters. The number of benzene rings is 1. The molecule has 1 rings (SSSR count). The SMILES string of the molecule is COc1ccccc1C(F)(CCN)C(F)(F)F. The molecule has 0 aliphatic carbocycles. The number of alkyl halides is 4. The largest absolute Gasteiger partial charge is 0.496 e. The Bertz CT molecular complexity index is 380. The molecule has 0 aliphatic heterocycles. The van der Waals surface area contributed by atoms with Crippen LogP contribution in [-0.2, 0) is 5.67 Å². The highest BCUT2D eigenvalue weighted by molar-refractivity contribution is 5.39. The molecular formula is C11H13F4NO. The van der Waals surface area contributed by atoms with Crippen molar-refractivity contribution in [1.29, 1.82) is 0 Å². The fraction of sp³-hybridized carbons (Fsp3) is 0.455. The first-order chi connectivity index (χ1) is 7.86. The van der Waals surface area contributed by atoms with Gasteiger partial charge in [-0.2, -0.15) is 13.2 Å². The lowest BCUT2D eigenvalue weighted by Crippen LogP contribution is -2.40. The van der Waals surface area contributed by atoms with E-state index in [0.717, 1.165) is 6.07 Å². The molecule has 6 heteroatoms. The van der Waals surface area contributed by atoms with Crippen molar-refractivity contribution in [1.82, 2.24) is 0 Å². The summed E-state index contributed by atoms with van der Waals surface area (Å²) in [6, 6.07) is 5.14. The van der Waals surface area contributed by atoms with Crippen molar-refractivity contribution in [2.24, 2.45) is 5.73 Å². The monoisotopic (exact) mass is 251 g/mol. The number of rotatable bonds is 4. The van der Waals surface area contributed by atoms with Crippen LogP contribution in [0.2, 0.25) is 0 Å². The molecule has 0 heterocycles. The van der Waals surface area contributed by atoms with Crippen molar-refractivity contribution in [2.75, 3.05) is 13.7 Å². The van der Waals surface area contributed by atoms with Crippen LogP contribution in [0.3, 0.4) is 0 Å². The van der Waals surface area contributed by atoms with E-state index in [1.807, 2.05) is 0 Å². The molecule has 0 aromatic heterocycles. The summed E-state index contributed by atoms with van der Waals surface area (Å²) in [6.45, 7) is -0.409. The number of hydrogen-bond donors (Lipinski definition) is 1. The van der Waals surface area contributed by atoms with Gasteiger partial charge >= 0.3 is 6.18 Å². The van der Waals surface area contributed by atoms with E-state index in [1.165, 1.54) is 25.3 Å². The Kier molecular flexibility index (Phi) is 3.98. The van der Waals surface area contributed by atoms with Crippen LogP contribution in [0.15, 0.2) is 24.3 Å². The highest BCUT2D eigenvalue weighted by Gasteiger charge is 2.57. The maximum atomic E-state index is 14.2. The molecule has 0 bridgehead atoms. The predicted molar refractivity (Wildman–Crippen MR) is 55.5 cm³/mol. The van der Waals surface area contributed by atoms with Gasteiger partial charge in [0.2, 0.25) is 5.67 Å². The molecular weight excluding hydrogens is 238 g/mol. The third-order valence-corrected chi connectivity index (χ3v) is 2.47. The van der Waals surface area contributed by atoms with E-state index < -0.39 is 30.4 Å². The summed E-state index contributed by atoms with van der Waals surface area (Å²) in [5.41, 5.74) is 1.04. The minimum Gasteiger partial charge on any atom is -0.496 e.